The summed E-state index contributed by atoms with van der Waals surface area (Å²) in [5.74, 6) is -0.214. The van der Waals surface area contributed by atoms with Gasteiger partial charge >= 0.3 is 0 Å². The highest BCUT2D eigenvalue weighted by Gasteiger charge is 2.53. The molecule has 3 heterocycles. The van der Waals surface area contributed by atoms with Crippen LogP contribution in [-0.4, -0.2) is 43.8 Å². The number of carbonyl (C=O) groups excluding carboxylic acids is 3. The zero-order chi connectivity index (χ0) is 24.7. The number of hydrogen-bond donors (Lipinski definition) is 2. The number of benzene rings is 1. The molecule has 1 fully saturated rings. The van der Waals surface area contributed by atoms with Gasteiger partial charge in [-0.15, -0.1) is 0 Å². The van der Waals surface area contributed by atoms with Crippen LogP contribution in [0.15, 0.2) is 47.1 Å². The maximum Gasteiger partial charge on any atom is 0.274 e. The maximum atomic E-state index is 13.6. The van der Waals surface area contributed by atoms with E-state index in [2.05, 4.69) is 15.6 Å². The van der Waals surface area contributed by atoms with Crippen molar-refractivity contribution in [3.63, 3.8) is 0 Å². The molecule has 0 saturated heterocycles. The molecular formula is C25H26FN5O4. The predicted octanol–water partition coefficient (Wildman–Crippen LogP) is 2.55. The van der Waals surface area contributed by atoms with E-state index in [0.29, 0.717) is 5.76 Å². The second-order valence-electron chi connectivity index (χ2n) is 9.25. The first kappa shape index (κ1) is 22.8. The van der Waals surface area contributed by atoms with Gasteiger partial charge in [0, 0.05) is 12.6 Å². The number of furan rings is 1. The Hall–Kier alpha value is -3.95. The molecule has 2 N–H and O–H groups in total. The van der Waals surface area contributed by atoms with Crippen LogP contribution in [-0.2, 0) is 24.4 Å². The first-order chi connectivity index (χ1) is 16.8. The highest BCUT2D eigenvalue weighted by atomic mass is 19.1. The molecule has 1 atom stereocenters. The van der Waals surface area contributed by atoms with E-state index in [4.69, 9.17) is 4.42 Å². The third-order valence-corrected chi connectivity index (χ3v) is 6.47. The summed E-state index contributed by atoms with van der Waals surface area (Å²) in [6, 6.07) is 9.38. The van der Waals surface area contributed by atoms with Gasteiger partial charge in [-0.2, -0.15) is 0 Å². The van der Waals surface area contributed by atoms with Crippen LogP contribution in [0, 0.1) is 12.7 Å². The molecular weight excluding hydrogens is 453 g/mol. The zero-order valence-electron chi connectivity index (χ0n) is 19.5. The topological polar surface area (TPSA) is 109 Å². The number of nitrogens with zero attached hydrogens (tertiary/aromatic N) is 3. The van der Waals surface area contributed by atoms with E-state index >= 15 is 0 Å². The summed E-state index contributed by atoms with van der Waals surface area (Å²) in [4.78, 5) is 45.7. The summed E-state index contributed by atoms with van der Waals surface area (Å²) >= 11 is 0. The Labute approximate surface area is 201 Å². The van der Waals surface area contributed by atoms with Gasteiger partial charge in [0.05, 0.1) is 19.4 Å². The van der Waals surface area contributed by atoms with Crippen molar-refractivity contribution in [2.75, 3.05) is 0 Å². The number of halogens is 1. The molecule has 0 unspecified atom stereocenters. The van der Waals surface area contributed by atoms with Gasteiger partial charge in [-0.3, -0.25) is 14.4 Å². The van der Waals surface area contributed by atoms with Crippen molar-refractivity contribution < 1.29 is 23.2 Å². The quantitative estimate of drug-likeness (QED) is 0.541. The standard InChI is InChI=1S/C25H26FN5O4/c1-15-3-10-19(35-15)12-27-22(32)20-21-23(33)31(18-8-9-18)25(2,13-30(21)14-29-20)24(34)28-11-16-4-6-17(26)7-5-16/h3-7,10,14,18H,8-9,11-13H2,1-2H3,(H,27,32)(H,28,34)/t25-/m1/s1. The molecule has 3 aromatic rings. The average Bonchev–Trinajstić information content (AvgIpc) is 3.42. The minimum Gasteiger partial charge on any atom is -0.465 e. The molecule has 1 aliphatic heterocycles. The molecule has 0 bridgehead atoms. The van der Waals surface area contributed by atoms with Gasteiger partial charge in [0.15, 0.2) is 5.69 Å². The normalized spacial score (nSPS) is 19.4. The van der Waals surface area contributed by atoms with Gasteiger partial charge in [-0.25, -0.2) is 9.37 Å². The molecule has 5 rings (SSSR count). The maximum absolute atomic E-state index is 13.6. The lowest BCUT2D eigenvalue weighted by Gasteiger charge is -2.44. The molecule has 182 valence electrons. The molecule has 3 amide bonds. The molecule has 1 saturated carbocycles. The van der Waals surface area contributed by atoms with Crippen molar-refractivity contribution in [3.8, 4) is 0 Å². The molecule has 35 heavy (non-hydrogen) atoms. The Morgan fingerprint density at radius 1 is 1.14 bits per heavy atom. The molecule has 0 radical (unpaired) electrons. The number of imidazole rings is 1. The molecule has 2 aromatic heterocycles. The van der Waals surface area contributed by atoms with E-state index in [-0.39, 0.29) is 48.8 Å². The Kier molecular flexibility index (Phi) is 5.66. The zero-order valence-corrected chi connectivity index (χ0v) is 19.5. The number of amides is 3. The van der Waals surface area contributed by atoms with Gasteiger partial charge in [0.25, 0.3) is 11.8 Å². The van der Waals surface area contributed by atoms with E-state index in [1.165, 1.54) is 18.5 Å². The highest BCUT2D eigenvalue weighted by molar-refractivity contribution is 6.07. The van der Waals surface area contributed by atoms with Gasteiger partial charge < -0.3 is 24.5 Å². The fourth-order valence-electron chi connectivity index (χ4n) is 4.53. The summed E-state index contributed by atoms with van der Waals surface area (Å²) in [5, 5.41) is 5.63. The van der Waals surface area contributed by atoms with Gasteiger partial charge in [0.2, 0.25) is 5.91 Å². The van der Waals surface area contributed by atoms with Crippen molar-refractivity contribution >= 4 is 17.7 Å². The number of fused-ring (bicyclic) bond motifs is 1. The third-order valence-electron chi connectivity index (χ3n) is 6.47. The number of carbonyl (C=O) groups is 3. The van der Waals surface area contributed by atoms with E-state index in [9.17, 15) is 18.8 Å². The fourth-order valence-corrected chi connectivity index (χ4v) is 4.53. The Bertz CT molecular complexity index is 1290. The average molecular weight is 480 g/mol. The Morgan fingerprint density at radius 3 is 2.54 bits per heavy atom. The Balaban J connectivity index is 1.36. The summed E-state index contributed by atoms with van der Waals surface area (Å²) in [6.07, 6.45) is 3.01. The van der Waals surface area contributed by atoms with E-state index in [1.807, 2.05) is 6.92 Å². The molecule has 9 nitrogen and oxygen atoms in total. The summed E-state index contributed by atoms with van der Waals surface area (Å²) in [6.45, 7) is 4.08. The number of aromatic nitrogens is 2. The number of hydrogen-bond acceptors (Lipinski definition) is 5. The largest absolute Gasteiger partial charge is 0.465 e. The summed E-state index contributed by atoms with van der Waals surface area (Å²) in [5.41, 5.74) is -0.213. The van der Waals surface area contributed by atoms with Crippen molar-refractivity contribution in [1.29, 1.82) is 0 Å². The predicted molar refractivity (Wildman–Crippen MR) is 123 cm³/mol. The second-order valence-corrected chi connectivity index (χ2v) is 9.25. The van der Waals surface area contributed by atoms with Crippen LogP contribution in [0.5, 0.6) is 0 Å². The lowest BCUT2D eigenvalue weighted by Crippen LogP contribution is -2.64. The smallest absolute Gasteiger partial charge is 0.274 e. The van der Waals surface area contributed by atoms with Crippen molar-refractivity contribution in [1.82, 2.24) is 25.1 Å². The second kappa shape index (κ2) is 8.68. The number of nitrogens with one attached hydrogen (secondary N) is 2. The van der Waals surface area contributed by atoms with Crippen LogP contribution in [0.3, 0.4) is 0 Å². The SMILES string of the molecule is Cc1ccc(CNC(=O)c2ncn3c2C(=O)N(C2CC2)[C@@](C)(C(=O)NCc2ccc(F)cc2)C3)o1. The van der Waals surface area contributed by atoms with Crippen LogP contribution < -0.4 is 10.6 Å². The molecule has 1 aliphatic carbocycles. The minimum absolute atomic E-state index is 0.0256. The highest BCUT2D eigenvalue weighted by Crippen LogP contribution is 2.38. The first-order valence-corrected chi connectivity index (χ1v) is 11.5. The summed E-state index contributed by atoms with van der Waals surface area (Å²) < 4.78 is 20.2. The van der Waals surface area contributed by atoms with Crippen molar-refractivity contribution in [2.45, 2.75) is 57.9 Å². The van der Waals surface area contributed by atoms with Crippen LogP contribution in [0.25, 0.3) is 0 Å². The molecule has 0 spiro atoms. The van der Waals surface area contributed by atoms with E-state index in [0.717, 1.165) is 24.2 Å². The van der Waals surface area contributed by atoms with E-state index < -0.39 is 17.4 Å². The van der Waals surface area contributed by atoms with Crippen LogP contribution in [0.4, 0.5) is 4.39 Å². The fraction of sp³-hybridized carbons (Fsp3) is 0.360. The van der Waals surface area contributed by atoms with Gasteiger partial charge in [-0.1, -0.05) is 12.1 Å². The van der Waals surface area contributed by atoms with Crippen LogP contribution in [0.2, 0.25) is 0 Å². The number of aryl methyl sites for hydroxylation is 1. The van der Waals surface area contributed by atoms with E-state index in [1.54, 1.807) is 40.7 Å². The minimum atomic E-state index is -1.16. The lowest BCUT2D eigenvalue weighted by molar-refractivity contribution is -0.133. The lowest BCUT2D eigenvalue weighted by atomic mass is 9.93. The number of rotatable bonds is 7. The Morgan fingerprint density at radius 2 is 1.89 bits per heavy atom. The summed E-state index contributed by atoms with van der Waals surface area (Å²) in [7, 11) is 0. The molecule has 1 aromatic carbocycles. The van der Waals surface area contributed by atoms with Crippen molar-refractivity contribution in [2.24, 2.45) is 0 Å². The van der Waals surface area contributed by atoms with Crippen molar-refractivity contribution in [3.05, 3.63) is 77.0 Å². The van der Waals surface area contributed by atoms with Gasteiger partial charge in [-0.05, 0) is 56.5 Å². The molecule has 10 heteroatoms. The molecule has 2 aliphatic rings. The monoisotopic (exact) mass is 479 g/mol. The van der Waals surface area contributed by atoms with Crippen LogP contribution >= 0.6 is 0 Å². The third kappa shape index (κ3) is 4.31. The van der Waals surface area contributed by atoms with Gasteiger partial charge in [0.1, 0.15) is 28.6 Å². The first-order valence-electron chi connectivity index (χ1n) is 11.5. The van der Waals surface area contributed by atoms with Crippen LogP contribution in [0.1, 0.15) is 57.8 Å².